The van der Waals surface area contributed by atoms with Gasteiger partial charge in [-0.2, -0.15) is 0 Å². The van der Waals surface area contributed by atoms with E-state index in [1.165, 1.54) is 5.56 Å². The number of ether oxygens (including phenoxy) is 1. The van der Waals surface area contributed by atoms with Gasteiger partial charge in [0, 0.05) is 29.1 Å². The minimum absolute atomic E-state index is 0.0657. The van der Waals surface area contributed by atoms with E-state index in [-0.39, 0.29) is 12.7 Å². The molecule has 0 aliphatic carbocycles. The molecule has 20 heavy (non-hydrogen) atoms. The van der Waals surface area contributed by atoms with Crippen LogP contribution in [0.1, 0.15) is 18.4 Å². The predicted octanol–water partition coefficient (Wildman–Crippen LogP) is 3.17. The van der Waals surface area contributed by atoms with Gasteiger partial charge in [0.05, 0.1) is 6.10 Å². The summed E-state index contributed by atoms with van der Waals surface area (Å²) in [5.41, 5.74) is 1.21. The molecule has 1 fully saturated rings. The molecule has 1 aromatic rings. The summed E-state index contributed by atoms with van der Waals surface area (Å²) in [4.78, 5) is 12.8. The molecule has 1 aromatic carbocycles. The molecule has 6 heteroatoms. The van der Waals surface area contributed by atoms with Crippen molar-refractivity contribution in [3.63, 3.8) is 0 Å². The first-order valence-electron chi connectivity index (χ1n) is 6.54. The van der Waals surface area contributed by atoms with Crippen molar-refractivity contribution in [2.75, 3.05) is 19.7 Å². The van der Waals surface area contributed by atoms with Crippen molar-refractivity contribution in [3.8, 4) is 0 Å². The lowest BCUT2D eigenvalue weighted by molar-refractivity contribution is -0.145. The smallest absolute Gasteiger partial charge is 0.329 e. The van der Waals surface area contributed by atoms with Crippen LogP contribution in [0.2, 0.25) is 5.02 Å². The van der Waals surface area contributed by atoms with Gasteiger partial charge in [-0.25, -0.2) is 4.79 Å². The molecule has 1 heterocycles. The van der Waals surface area contributed by atoms with Gasteiger partial charge < -0.3 is 9.84 Å². The molecule has 0 saturated carbocycles. The second-order valence-electron chi connectivity index (χ2n) is 4.92. The van der Waals surface area contributed by atoms with Gasteiger partial charge in [-0.15, -0.1) is 0 Å². The molecule has 0 atom stereocenters. The van der Waals surface area contributed by atoms with Gasteiger partial charge in [-0.3, -0.25) is 4.90 Å². The lowest BCUT2D eigenvalue weighted by Crippen LogP contribution is -2.37. The Kier molecular flexibility index (Phi) is 5.84. The number of benzene rings is 1. The second-order valence-corrected chi connectivity index (χ2v) is 6.21. The van der Waals surface area contributed by atoms with E-state index in [1.54, 1.807) is 0 Å². The first-order chi connectivity index (χ1) is 9.54. The summed E-state index contributed by atoms with van der Waals surface area (Å²) in [6.07, 6.45) is 1.81. The zero-order valence-corrected chi connectivity index (χ0v) is 13.4. The molecule has 1 saturated heterocycles. The highest BCUT2D eigenvalue weighted by molar-refractivity contribution is 9.10. The minimum Gasteiger partial charge on any atom is -0.480 e. The monoisotopic (exact) mass is 361 g/mol. The maximum atomic E-state index is 10.5. The van der Waals surface area contributed by atoms with E-state index in [0.29, 0.717) is 0 Å². The van der Waals surface area contributed by atoms with Crippen LogP contribution in [0, 0.1) is 0 Å². The molecule has 0 radical (unpaired) electrons. The van der Waals surface area contributed by atoms with E-state index in [9.17, 15) is 4.79 Å². The van der Waals surface area contributed by atoms with Crippen LogP contribution in [0.4, 0.5) is 0 Å². The summed E-state index contributed by atoms with van der Waals surface area (Å²) in [6, 6.07) is 5.82. The van der Waals surface area contributed by atoms with Crippen molar-refractivity contribution in [2.45, 2.75) is 25.5 Å². The Bertz CT molecular complexity index is 475. The van der Waals surface area contributed by atoms with Gasteiger partial charge >= 0.3 is 5.97 Å². The lowest BCUT2D eigenvalue weighted by Gasteiger charge is -2.31. The highest BCUT2D eigenvalue weighted by atomic mass is 79.9. The largest absolute Gasteiger partial charge is 0.480 e. The quantitative estimate of drug-likeness (QED) is 0.874. The summed E-state index contributed by atoms with van der Waals surface area (Å²) in [5, 5.41) is 9.32. The van der Waals surface area contributed by atoms with Gasteiger partial charge in [0.25, 0.3) is 0 Å². The van der Waals surface area contributed by atoms with E-state index in [4.69, 9.17) is 21.4 Å². The van der Waals surface area contributed by atoms with Crippen LogP contribution >= 0.6 is 27.5 Å². The van der Waals surface area contributed by atoms with Gasteiger partial charge in [0.2, 0.25) is 0 Å². The Morgan fingerprint density at radius 1 is 1.45 bits per heavy atom. The number of halogens is 2. The Morgan fingerprint density at radius 2 is 2.15 bits per heavy atom. The Balaban J connectivity index is 1.80. The molecule has 1 aliphatic heterocycles. The minimum atomic E-state index is -0.905. The number of hydrogen-bond donors (Lipinski definition) is 1. The third-order valence-corrected chi connectivity index (χ3v) is 4.36. The molecule has 110 valence electrons. The van der Waals surface area contributed by atoms with Crippen LogP contribution in [0.25, 0.3) is 0 Å². The molecule has 0 bridgehead atoms. The van der Waals surface area contributed by atoms with Crippen LogP contribution < -0.4 is 0 Å². The average molecular weight is 363 g/mol. The van der Waals surface area contributed by atoms with Crippen molar-refractivity contribution in [2.24, 2.45) is 0 Å². The molecule has 4 nitrogen and oxygen atoms in total. The number of piperidine rings is 1. The Hall–Kier alpha value is -0.620. The molecule has 0 amide bonds. The zero-order valence-electron chi connectivity index (χ0n) is 11.0. The number of carbonyl (C=O) groups is 1. The Morgan fingerprint density at radius 3 is 2.75 bits per heavy atom. The van der Waals surface area contributed by atoms with Crippen molar-refractivity contribution >= 4 is 33.5 Å². The number of nitrogens with zero attached hydrogens (tertiary/aromatic N) is 1. The molecule has 0 spiro atoms. The molecular formula is C14H17BrClNO3. The summed E-state index contributed by atoms with van der Waals surface area (Å²) in [5.74, 6) is -0.905. The van der Waals surface area contributed by atoms with Crippen LogP contribution in [0.15, 0.2) is 22.7 Å². The fraction of sp³-hybridized carbons (Fsp3) is 0.500. The van der Waals surface area contributed by atoms with Crippen LogP contribution in [0.5, 0.6) is 0 Å². The second kappa shape index (κ2) is 7.41. The average Bonchev–Trinajstić information content (AvgIpc) is 2.41. The summed E-state index contributed by atoms with van der Waals surface area (Å²) >= 11 is 9.46. The van der Waals surface area contributed by atoms with Gasteiger partial charge in [0.1, 0.15) is 6.61 Å². The van der Waals surface area contributed by atoms with Crippen LogP contribution in [-0.4, -0.2) is 41.8 Å². The third kappa shape index (κ3) is 4.74. The normalized spacial score (nSPS) is 17.3. The van der Waals surface area contributed by atoms with Crippen molar-refractivity contribution in [3.05, 3.63) is 33.3 Å². The summed E-state index contributed by atoms with van der Waals surface area (Å²) in [7, 11) is 0. The van der Waals surface area contributed by atoms with Gasteiger partial charge in [0.15, 0.2) is 0 Å². The van der Waals surface area contributed by atoms with Crippen molar-refractivity contribution in [1.82, 2.24) is 4.90 Å². The van der Waals surface area contributed by atoms with Gasteiger partial charge in [-0.05, 0) is 30.5 Å². The molecule has 0 unspecified atom stereocenters. The molecular weight excluding hydrogens is 346 g/mol. The number of aliphatic carboxylic acids is 1. The number of carboxylic acids is 1. The maximum absolute atomic E-state index is 10.5. The molecule has 1 aliphatic rings. The SMILES string of the molecule is O=C(O)COC1CCN(Cc2ccc(Cl)cc2Br)CC1. The third-order valence-electron chi connectivity index (χ3n) is 3.39. The fourth-order valence-electron chi connectivity index (χ4n) is 2.31. The first kappa shape index (κ1) is 15.8. The summed E-state index contributed by atoms with van der Waals surface area (Å²) < 4.78 is 6.35. The standard InChI is InChI=1S/C14H17BrClNO3/c15-13-7-11(16)2-1-10(13)8-17-5-3-12(4-6-17)20-9-14(18)19/h1-2,7,12H,3-6,8-9H2,(H,18,19). The molecule has 0 aromatic heterocycles. The Labute approximate surface area is 131 Å². The highest BCUT2D eigenvalue weighted by Crippen LogP contribution is 2.24. The van der Waals surface area contributed by atoms with Gasteiger partial charge in [-0.1, -0.05) is 33.6 Å². The van der Waals surface area contributed by atoms with E-state index in [0.717, 1.165) is 42.0 Å². The summed E-state index contributed by atoms with van der Waals surface area (Å²) in [6.45, 7) is 2.50. The number of rotatable bonds is 5. The first-order valence-corrected chi connectivity index (χ1v) is 7.71. The van der Waals surface area contributed by atoms with Crippen LogP contribution in [-0.2, 0) is 16.1 Å². The predicted molar refractivity (Wildman–Crippen MR) is 81.0 cm³/mol. The van der Waals surface area contributed by atoms with E-state index in [1.807, 2.05) is 18.2 Å². The molecule has 1 N–H and O–H groups in total. The number of likely N-dealkylation sites (tertiary alicyclic amines) is 1. The zero-order chi connectivity index (χ0) is 14.5. The van der Waals surface area contributed by atoms with E-state index in [2.05, 4.69) is 20.8 Å². The molecule has 2 rings (SSSR count). The maximum Gasteiger partial charge on any atom is 0.329 e. The number of hydrogen-bond acceptors (Lipinski definition) is 3. The van der Waals surface area contributed by atoms with E-state index < -0.39 is 5.97 Å². The topological polar surface area (TPSA) is 49.8 Å². The number of carboxylic acid groups (broad SMARTS) is 1. The van der Waals surface area contributed by atoms with Crippen molar-refractivity contribution < 1.29 is 14.6 Å². The van der Waals surface area contributed by atoms with Crippen LogP contribution in [0.3, 0.4) is 0 Å². The lowest BCUT2D eigenvalue weighted by atomic mass is 10.1. The fourth-order valence-corrected chi connectivity index (χ4v) is 3.12. The van der Waals surface area contributed by atoms with Crippen molar-refractivity contribution in [1.29, 1.82) is 0 Å². The highest BCUT2D eigenvalue weighted by Gasteiger charge is 2.20. The van der Waals surface area contributed by atoms with E-state index >= 15 is 0 Å².